The third kappa shape index (κ3) is 7.65. The number of esters is 1. The molecule has 4 heteroatoms. The van der Waals surface area contributed by atoms with Gasteiger partial charge in [0.1, 0.15) is 11.5 Å². The summed E-state index contributed by atoms with van der Waals surface area (Å²) in [4.78, 5) is 12.7. The van der Waals surface area contributed by atoms with Gasteiger partial charge in [0.15, 0.2) is 5.60 Å². The van der Waals surface area contributed by atoms with Gasteiger partial charge in [-0.05, 0) is 48.6 Å². The summed E-state index contributed by atoms with van der Waals surface area (Å²) in [6, 6.07) is 3.42. The summed E-state index contributed by atoms with van der Waals surface area (Å²) in [5.41, 5.74) is -0.710. The van der Waals surface area contributed by atoms with Gasteiger partial charge in [0.05, 0.1) is 0 Å². The first-order chi connectivity index (χ1) is 13.1. The standard InChI is InChI=1S/C25H42O4/c1-17(2)13-11-10-12-14-25(9,28)22(27)29-18-15-19(23(3,4)5)21(26)20(16-18)24(6,7)8/h15-17,26,28H,10-14H2,1-9H3. The van der Waals surface area contributed by atoms with E-state index in [2.05, 4.69) is 13.8 Å². The number of aromatic hydroxyl groups is 1. The molecule has 0 aromatic heterocycles. The van der Waals surface area contributed by atoms with Crippen LogP contribution >= 0.6 is 0 Å². The minimum Gasteiger partial charge on any atom is -0.507 e. The molecule has 0 aliphatic heterocycles. The van der Waals surface area contributed by atoms with Gasteiger partial charge in [-0.15, -0.1) is 0 Å². The van der Waals surface area contributed by atoms with Crippen molar-refractivity contribution in [3.63, 3.8) is 0 Å². The largest absolute Gasteiger partial charge is 0.507 e. The van der Waals surface area contributed by atoms with Crippen LogP contribution in [0.25, 0.3) is 0 Å². The Bertz CT molecular complexity index is 653. The molecule has 2 N–H and O–H groups in total. The molecule has 1 rings (SSSR count). The zero-order valence-electron chi connectivity index (χ0n) is 20.0. The van der Waals surface area contributed by atoms with Crippen LogP contribution in [-0.4, -0.2) is 21.8 Å². The number of ether oxygens (including phenoxy) is 1. The van der Waals surface area contributed by atoms with Crippen molar-refractivity contribution in [1.29, 1.82) is 0 Å². The minimum absolute atomic E-state index is 0.238. The fourth-order valence-corrected chi connectivity index (χ4v) is 3.33. The average Bonchev–Trinajstić information content (AvgIpc) is 2.53. The molecule has 0 spiro atoms. The molecule has 1 aromatic rings. The van der Waals surface area contributed by atoms with Gasteiger partial charge in [-0.1, -0.05) is 74.7 Å². The Balaban J connectivity index is 2.99. The molecule has 4 nitrogen and oxygen atoms in total. The quantitative estimate of drug-likeness (QED) is 0.304. The average molecular weight is 407 g/mol. The third-order valence-electron chi connectivity index (χ3n) is 5.29. The van der Waals surface area contributed by atoms with Gasteiger partial charge in [0, 0.05) is 11.1 Å². The lowest BCUT2D eigenvalue weighted by molar-refractivity contribution is -0.154. The van der Waals surface area contributed by atoms with E-state index in [1.54, 1.807) is 12.1 Å². The van der Waals surface area contributed by atoms with Crippen LogP contribution in [-0.2, 0) is 15.6 Å². The monoisotopic (exact) mass is 406 g/mol. The van der Waals surface area contributed by atoms with Crippen molar-refractivity contribution < 1.29 is 19.7 Å². The molecule has 0 saturated carbocycles. The lowest BCUT2D eigenvalue weighted by atomic mass is 9.79. The first-order valence-electron chi connectivity index (χ1n) is 10.9. The van der Waals surface area contributed by atoms with Crippen molar-refractivity contribution >= 4 is 5.97 Å². The topological polar surface area (TPSA) is 66.8 Å². The number of aliphatic hydroxyl groups is 1. The molecule has 1 aromatic carbocycles. The molecule has 0 aliphatic rings. The zero-order valence-corrected chi connectivity index (χ0v) is 20.0. The van der Waals surface area contributed by atoms with E-state index < -0.39 is 11.6 Å². The number of carbonyl (C=O) groups is 1. The highest BCUT2D eigenvalue weighted by molar-refractivity contribution is 5.81. The van der Waals surface area contributed by atoms with Gasteiger partial charge in [-0.25, -0.2) is 4.79 Å². The molecule has 0 radical (unpaired) electrons. The van der Waals surface area contributed by atoms with Crippen molar-refractivity contribution in [3.8, 4) is 11.5 Å². The van der Waals surface area contributed by atoms with Crippen LogP contribution in [0.3, 0.4) is 0 Å². The van der Waals surface area contributed by atoms with Gasteiger partial charge in [0.25, 0.3) is 0 Å². The highest BCUT2D eigenvalue weighted by atomic mass is 16.6. The molecular formula is C25H42O4. The van der Waals surface area contributed by atoms with E-state index in [1.165, 1.54) is 6.92 Å². The normalized spacial score (nSPS) is 14.7. The number of unbranched alkanes of at least 4 members (excludes halogenated alkanes) is 2. The van der Waals surface area contributed by atoms with Gasteiger partial charge < -0.3 is 14.9 Å². The lowest BCUT2D eigenvalue weighted by Gasteiger charge is -2.28. The van der Waals surface area contributed by atoms with Crippen LogP contribution in [0.5, 0.6) is 11.5 Å². The van der Waals surface area contributed by atoms with Crippen molar-refractivity contribution in [3.05, 3.63) is 23.3 Å². The Kier molecular flexibility index (Phi) is 8.36. The van der Waals surface area contributed by atoms with E-state index in [9.17, 15) is 15.0 Å². The van der Waals surface area contributed by atoms with Crippen LogP contribution in [0.1, 0.15) is 106 Å². The van der Waals surface area contributed by atoms with Gasteiger partial charge in [-0.2, -0.15) is 0 Å². The lowest BCUT2D eigenvalue weighted by Crippen LogP contribution is -2.38. The molecule has 0 amide bonds. The van der Waals surface area contributed by atoms with E-state index in [4.69, 9.17) is 4.74 Å². The Morgan fingerprint density at radius 3 is 1.83 bits per heavy atom. The van der Waals surface area contributed by atoms with Crippen LogP contribution in [0.15, 0.2) is 12.1 Å². The van der Waals surface area contributed by atoms with Crippen LogP contribution in [0, 0.1) is 5.92 Å². The number of phenols is 1. The SMILES string of the molecule is CC(C)CCCCCC(C)(O)C(=O)Oc1cc(C(C)(C)C)c(O)c(C(C)(C)C)c1. The number of carbonyl (C=O) groups excluding carboxylic acids is 1. The maximum absolute atomic E-state index is 12.7. The van der Waals surface area contributed by atoms with E-state index in [0.29, 0.717) is 18.1 Å². The first kappa shape index (κ1) is 25.5. The second-order valence-corrected chi connectivity index (χ2v) is 11.0. The molecule has 0 bridgehead atoms. The molecule has 0 heterocycles. The highest BCUT2D eigenvalue weighted by Crippen LogP contribution is 2.41. The van der Waals surface area contributed by atoms with E-state index in [-0.39, 0.29) is 16.6 Å². The first-order valence-corrected chi connectivity index (χ1v) is 10.9. The van der Waals surface area contributed by atoms with Gasteiger partial charge >= 0.3 is 5.97 Å². The summed E-state index contributed by atoms with van der Waals surface area (Å²) in [7, 11) is 0. The maximum atomic E-state index is 12.7. The summed E-state index contributed by atoms with van der Waals surface area (Å²) in [6.07, 6.45) is 4.41. The minimum atomic E-state index is -1.53. The third-order valence-corrected chi connectivity index (χ3v) is 5.29. The number of phenolic OH excluding ortho intramolecular Hbond substituents is 1. The molecular weight excluding hydrogens is 364 g/mol. The zero-order chi connectivity index (χ0) is 22.6. The molecule has 1 unspecified atom stereocenters. The van der Waals surface area contributed by atoms with Crippen molar-refractivity contribution in [1.82, 2.24) is 0 Å². The molecule has 0 fully saturated rings. The summed E-state index contributed by atoms with van der Waals surface area (Å²) in [6.45, 7) is 18.0. The van der Waals surface area contributed by atoms with Crippen molar-refractivity contribution in [2.75, 3.05) is 0 Å². The fourth-order valence-electron chi connectivity index (χ4n) is 3.33. The Morgan fingerprint density at radius 2 is 1.41 bits per heavy atom. The van der Waals surface area contributed by atoms with Gasteiger partial charge in [-0.3, -0.25) is 0 Å². The molecule has 0 saturated heterocycles. The second-order valence-electron chi connectivity index (χ2n) is 11.0. The highest BCUT2D eigenvalue weighted by Gasteiger charge is 2.33. The predicted octanol–water partition coefficient (Wildman–Crippen LogP) is 6.25. The molecule has 1 atom stereocenters. The second kappa shape index (κ2) is 9.51. The van der Waals surface area contributed by atoms with E-state index >= 15 is 0 Å². The maximum Gasteiger partial charge on any atom is 0.343 e. The molecule has 166 valence electrons. The molecule has 29 heavy (non-hydrogen) atoms. The smallest absolute Gasteiger partial charge is 0.343 e. The number of hydrogen-bond donors (Lipinski definition) is 2. The fraction of sp³-hybridized carbons (Fsp3) is 0.720. The Hall–Kier alpha value is -1.55. The van der Waals surface area contributed by atoms with E-state index in [1.807, 2.05) is 41.5 Å². The summed E-state index contributed by atoms with van der Waals surface area (Å²) < 4.78 is 5.60. The van der Waals surface area contributed by atoms with Gasteiger partial charge in [0.2, 0.25) is 0 Å². The van der Waals surface area contributed by atoms with Crippen LogP contribution < -0.4 is 4.74 Å². The number of hydrogen-bond acceptors (Lipinski definition) is 4. The summed E-state index contributed by atoms with van der Waals surface area (Å²) in [5, 5.41) is 21.4. The summed E-state index contributed by atoms with van der Waals surface area (Å²) in [5.74, 6) is 0.625. The summed E-state index contributed by atoms with van der Waals surface area (Å²) >= 11 is 0. The van der Waals surface area contributed by atoms with Crippen LogP contribution in [0.2, 0.25) is 0 Å². The van der Waals surface area contributed by atoms with E-state index in [0.717, 1.165) is 36.8 Å². The van der Waals surface area contributed by atoms with Crippen molar-refractivity contribution in [2.24, 2.45) is 5.92 Å². The molecule has 0 aliphatic carbocycles. The Labute approximate surface area is 177 Å². The van der Waals surface area contributed by atoms with Crippen LogP contribution in [0.4, 0.5) is 0 Å². The van der Waals surface area contributed by atoms with Crippen molar-refractivity contribution in [2.45, 2.75) is 111 Å². The number of rotatable bonds is 8. The number of benzene rings is 1. The Morgan fingerprint density at radius 1 is 0.931 bits per heavy atom. The predicted molar refractivity (Wildman–Crippen MR) is 120 cm³/mol.